The van der Waals surface area contributed by atoms with E-state index in [1.807, 2.05) is 0 Å². The first kappa shape index (κ1) is 14.9. The Kier molecular flexibility index (Phi) is 5.28. The summed E-state index contributed by atoms with van der Waals surface area (Å²) < 4.78 is 2.67. The average molecular weight is 227 g/mol. The van der Waals surface area contributed by atoms with Gasteiger partial charge in [-0.3, -0.25) is 0 Å². The molecule has 1 nitrogen and oxygen atoms in total. The van der Waals surface area contributed by atoms with Crippen LogP contribution in [-0.4, -0.2) is 25.9 Å². The van der Waals surface area contributed by atoms with Crippen LogP contribution in [-0.2, 0) is 0 Å². The third kappa shape index (κ3) is 2.54. The summed E-state index contributed by atoms with van der Waals surface area (Å²) in [5.74, 6) is 0. The molecule has 0 fully saturated rings. The molecule has 1 unspecified atom stereocenters. The zero-order valence-corrected chi connectivity index (χ0v) is 12.7. The lowest BCUT2D eigenvalue weighted by Crippen LogP contribution is -2.60. The molecule has 0 N–H and O–H groups in total. The maximum Gasteiger partial charge on any atom is 0.160 e. The van der Waals surface area contributed by atoms with Gasteiger partial charge in [0.2, 0.25) is 0 Å². The van der Waals surface area contributed by atoms with Crippen LogP contribution in [0, 0.1) is 0 Å². The highest BCUT2D eigenvalue weighted by molar-refractivity contribution is 6.85. The Morgan fingerprint density at radius 2 is 1.60 bits per heavy atom. The van der Waals surface area contributed by atoms with Crippen molar-refractivity contribution in [2.45, 2.75) is 59.0 Å². The molecule has 0 radical (unpaired) electrons. The molecule has 0 aromatic heterocycles. The van der Waals surface area contributed by atoms with Gasteiger partial charge in [-0.05, 0) is 23.7 Å². The molecule has 0 aromatic rings. The fourth-order valence-electron chi connectivity index (χ4n) is 3.12. The van der Waals surface area contributed by atoms with Crippen molar-refractivity contribution in [1.82, 2.24) is 4.57 Å². The van der Waals surface area contributed by atoms with Gasteiger partial charge < -0.3 is 4.57 Å². The zero-order valence-electron chi connectivity index (χ0n) is 11.7. The van der Waals surface area contributed by atoms with Gasteiger partial charge in [-0.15, -0.1) is 6.58 Å². The van der Waals surface area contributed by atoms with E-state index in [1.54, 1.807) is 0 Å². The van der Waals surface area contributed by atoms with Crippen LogP contribution >= 0.6 is 0 Å². The Balaban J connectivity index is 5.43. The second-order valence-electron chi connectivity index (χ2n) is 5.61. The van der Waals surface area contributed by atoms with Gasteiger partial charge in [-0.25, -0.2) is 0 Å². The molecule has 0 spiro atoms. The monoisotopic (exact) mass is 227 g/mol. The second-order valence-corrected chi connectivity index (χ2v) is 11.0. The van der Waals surface area contributed by atoms with Crippen LogP contribution in [0.4, 0.5) is 0 Å². The van der Waals surface area contributed by atoms with Crippen molar-refractivity contribution >= 4 is 8.24 Å². The summed E-state index contributed by atoms with van der Waals surface area (Å²) in [6, 6.07) is 0. The first-order valence-electron chi connectivity index (χ1n) is 6.16. The van der Waals surface area contributed by atoms with Crippen LogP contribution in [0.15, 0.2) is 12.3 Å². The number of rotatable bonds is 5. The molecule has 0 aliphatic carbocycles. The summed E-state index contributed by atoms with van der Waals surface area (Å²) in [7, 11) is -1.58. The normalized spacial score (nSPS) is 16.9. The van der Waals surface area contributed by atoms with Gasteiger partial charge >= 0.3 is 0 Å². The van der Waals surface area contributed by atoms with Gasteiger partial charge in [-0.1, -0.05) is 54.2 Å². The lowest BCUT2D eigenvalue weighted by Gasteiger charge is -2.51. The van der Waals surface area contributed by atoms with E-state index in [9.17, 15) is 0 Å². The molecule has 2 heteroatoms. The molecule has 0 bridgehead atoms. The van der Waals surface area contributed by atoms with Crippen LogP contribution in [0.5, 0.6) is 0 Å². The van der Waals surface area contributed by atoms with Gasteiger partial charge in [0.15, 0.2) is 8.24 Å². The van der Waals surface area contributed by atoms with Crippen LogP contribution in [0.2, 0.25) is 10.6 Å². The molecule has 0 aliphatic rings. The predicted molar refractivity (Wildman–Crippen MR) is 73.7 cm³/mol. The fourth-order valence-corrected chi connectivity index (χ4v) is 8.92. The van der Waals surface area contributed by atoms with Gasteiger partial charge in [0.05, 0.1) is 0 Å². The fraction of sp³-hybridized carbons (Fsp3) is 0.846. The van der Waals surface area contributed by atoms with Crippen molar-refractivity contribution in [3.8, 4) is 0 Å². The average Bonchev–Trinajstić information content (AvgIpc) is 2.10. The van der Waals surface area contributed by atoms with Gasteiger partial charge in [0.1, 0.15) is 0 Å². The number of nitrogens with zero attached hydrogens (tertiary/aromatic N) is 1. The SMILES string of the molecule is C=C[Si](C(C)C)(N(CC)CC)C(C)(C)C. The van der Waals surface area contributed by atoms with E-state index in [-0.39, 0.29) is 0 Å². The Labute approximate surface area is 97.6 Å². The molecule has 0 saturated heterocycles. The van der Waals surface area contributed by atoms with Gasteiger partial charge in [-0.2, -0.15) is 0 Å². The third-order valence-corrected chi connectivity index (χ3v) is 10.1. The van der Waals surface area contributed by atoms with Crippen LogP contribution in [0.1, 0.15) is 48.5 Å². The Hall–Kier alpha value is -0.0831. The van der Waals surface area contributed by atoms with Crippen molar-refractivity contribution < 1.29 is 0 Å². The van der Waals surface area contributed by atoms with Crippen molar-refractivity contribution in [3.63, 3.8) is 0 Å². The summed E-state index contributed by atoms with van der Waals surface area (Å²) in [6.45, 7) is 22.8. The highest BCUT2D eigenvalue weighted by atomic mass is 28.3. The van der Waals surface area contributed by atoms with Crippen molar-refractivity contribution in [2.75, 3.05) is 13.1 Å². The minimum atomic E-state index is -1.58. The minimum absolute atomic E-state index is 0.356. The molecule has 1 atom stereocenters. The predicted octanol–water partition coefficient (Wildman–Crippen LogP) is 4.21. The van der Waals surface area contributed by atoms with E-state index in [0.29, 0.717) is 5.04 Å². The molecule has 0 rings (SSSR count). The maximum atomic E-state index is 4.16. The summed E-state index contributed by atoms with van der Waals surface area (Å²) in [5, 5.41) is 0.356. The molecule has 0 aliphatic heterocycles. The van der Waals surface area contributed by atoms with Crippen molar-refractivity contribution in [3.05, 3.63) is 12.3 Å². The third-order valence-electron chi connectivity index (χ3n) is 3.68. The summed E-state index contributed by atoms with van der Waals surface area (Å²) >= 11 is 0. The molecule has 0 saturated carbocycles. The summed E-state index contributed by atoms with van der Waals surface area (Å²) in [6.07, 6.45) is 0. The molecule has 0 aromatic carbocycles. The minimum Gasteiger partial charge on any atom is -0.320 e. The second kappa shape index (κ2) is 5.31. The topological polar surface area (TPSA) is 3.24 Å². The van der Waals surface area contributed by atoms with Gasteiger partial charge in [0, 0.05) is 0 Å². The Morgan fingerprint density at radius 1 is 1.20 bits per heavy atom. The molecule has 0 amide bonds. The van der Waals surface area contributed by atoms with E-state index in [1.165, 1.54) is 0 Å². The highest BCUT2D eigenvalue weighted by Gasteiger charge is 2.48. The van der Waals surface area contributed by atoms with E-state index in [2.05, 4.69) is 65.3 Å². The molecule has 90 valence electrons. The lowest BCUT2D eigenvalue weighted by atomic mass is 10.2. The van der Waals surface area contributed by atoms with Crippen LogP contribution in [0.3, 0.4) is 0 Å². The molecule has 15 heavy (non-hydrogen) atoms. The zero-order chi connectivity index (χ0) is 12.3. The largest absolute Gasteiger partial charge is 0.320 e. The first-order chi connectivity index (χ1) is 6.77. The summed E-state index contributed by atoms with van der Waals surface area (Å²) in [4.78, 5) is 0. The van der Waals surface area contributed by atoms with E-state index >= 15 is 0 Å². The van der Waals surface area contributed by atoms with Gasteiger partial charge in [0.25, 0.3) is 0 Å². The quantitative estimate of drug-likeness (QED) is 0.636. The maximum absolute atomic E-state index is 4.16. The number of hydrogen-bond acceptors (Lipinski definition) is 1. The van der Waals surface area contributed by atoms with E-state index < -0.39 is 8.24 Å². The van der Waals surface area contributed by atoms with E-state index in [4.69, 9.17) is 0 Å². The Bertz CT molecular complexity index is 201. The standard InChI is InChI=1S/C13H29NSi/c1-9-14(10-2)15(11-3,12(4)5)13(6,7)8/h11-12H,3,9-10H2,1-2,4-8H3. The van der Waals surface area contributed by atoms with Crippen LogP contribution < -0.4 is 0 Å². The number of hydrogen-bond donors (Lipinski definition) is 0. The molecular formula is C13H29NSi. The van der Waals surface area contributed by atoms with Crippen LogP contribution in [0.25, 0.3) is 0 Å². The Morgan fingerprint density at radius 3 is 1.67 bits per heavy atom. The van der Waals surface area contributed by atoms with Crippen molar-refractivity contribution in [1.29, 1.82) is 0 Å². The smallest absolute Gasteiger partial charge is 0.160 e. The highest BCUT2D eigenvalue weighted by Crippen LogP contribution is 2.45. The first-order valence-corrected chi connectivity index (χ1v) is 8.26. The molecule has 0 heterocycles. The summed E-state index contributed by atoms with van der Waals surface area (Å²) in [5.41, 5.74) is 3.01. The molecular weight excluding hydrogens is 198 g/mol. The van der Waals surface area contributed by atoms with Crippen molar-refractivity contribution in [2.24, 2.45) is 0 Å². The van der Waals surface area contributed by atoms with E-state index in [0.717, 1.165) is 18.6 Å². The lowest BCUT2D eigenvalue weighted by molar-refractivity contribution is 0.425.